The van der Waals surface area contributed by atoms with Gasteiger partial charge >= 0.3 is 6.18 Å². The molecule has 0 saturated carbocycles. The third-order valence-corrected chi connectivity index (χ3v) is 2.39. The molecule has 0 unspecified atom stereocenters. The van der Waals surface area contributed by atoms with Crippen LogP contribution in [0.25, 0.3) is 0 Å². The number of halogens is 3. The first kappa shape index (κ1) is 11.8. The maximum atomic E-state index is 12.3. The van der Waals surface area contributed by atoms with Crippen LogP contribution in [0.2, 0.25) is 0 Å². The largest absolute Gasteiger partial charge is 0.416 e. The zero-order valence-electron chi connectivity index (χ0n) is 8.51. The van der Waals surface area contributed by atoms with Crippen LogP contribution in [0, 0.1) is 0 Å². The van der Waals surface area contributed by atoms with Crippen molar-refractivity contribution in [2.24, 2.45) is 0 Å². The molecule has 0 fully saturated rings. The fraction of sp³-hybridized carbons (Fsp3) is 0.333. The predicted molar refractivity (Wildman–Crippen MR) is 54.7 cm³/mol. The Morgan fingerprint density at radius 3 is 2.13 bits per heavy atom. The quantitative estimate of drug-likeness (QED) is 0.655. The van der Waals surface area contributed by atoms with Crippen molar-refractivity contribution in [1.29, 1.82) is 0 Å². The molecule has 0 aromatic heterocycles. The fourth-order valence-corrected chi connectivity index (χ4v) is 1.46. The van der Waals surface area contributed by atoms with Crippen molar-refractivity contribution >= 4 is 0 Å². The number of alkyl halides is 3. The lowest BCUT2D eigenvalue weighted by atomic mass is 9.96. The SMILES string of the molecule is C=C[C@H](CC)c1ccc(C(F)(F)F)cc1. The molecule has 0 aliphatic heterocycles. The molecule has 0 bridgehead atoms. The predicted octanol–water partition coefficient (Wildman–Crippen LogP) is 4.39. The Hall–Kier alpha value is -1.25. The summed E-state index contributed by atoms with van der Waals surface area (Å²) in [6.45, 7) is 5.63. The van der Waals surface area contributed by atoms with E-state index in [0.717, 1.165) is 24.1 Å². The number of rotatable bonds is 3. The van der Waals surface area contributed by atoms with E-state index in [9.17, 15) is 13.2 Å². The standard InChI is InChI=1S/C12H13F3/c1-3-9(4-2)10-5-7-11(8-6-10)12(13,14)15/h3,5-9H,1,4H2,2H3/t9-/m1/s1. The zero-order chi connectivity index (χ0) is 11.5. The summed E-state index contributed by atoms with van der Waals surface area (Å²) in [6.07, 6.45) is -1.66. The van der Waals surface area contributed by atoms with E-state index in [4.69, 9.17) is 0 Å². The Kier molecular flexibility index (Phi) is 3.56. The Labute approximate surface area is 87.4 Å². The molecule has 0 N–H and O–H groups in total. The van der Waals surface area contributed by atoms with E-state index < -0.39 is 11.7 Å². The summed E-state index contributed by atoms with van der Waals surface area (Å²) >= 11 is 0. The molecule has 1 aromatic carbocycles. The molecule has 0 heterocycles. The second-order valence-corrected chi connectivity index (χ2v) is 3.37. The molecule has 82 valence electrons. The summed E-state index contributed by atoms with van der Waals surface area (Å²) in [5.41, 5.74) is 0.269. The van der Waals surface area contributed by atoms with Crippen molar-refractivity contribution in [3.8, 4) is 0 Å². The third kappa shape index (κ3) is 2.85. The zero-order valence-corrected chi connectivity index (χ0v) is 8.51. The van der Waals surface area contributed by atoms with Crippen molar-refractivity contribution < 1.29 is 13.2 Å². The molecule has 0 amide bonds. The molecule has 3 heteroatoms. The Bertz CT molecular complexity index is 322. The van der Waals surface area contributed by atoms with Crippen LogP contribution in [0.15, 0.2) is 36.9 Å². The van der Waals surface area contributed by atoms with E-state index in [1.165, 1.54) is 12.1 Å². The van der Waals surface area contributed by atoms with E-state index in [0.29, 0.717) is 0 Å². The first-order chi connectivity index (χ1) is 6.99. The lowest BCUT2D eigenvalue weighted by Crippen LogP contribution is -2.05. The van der Waals surface area contributed by atoms with Gasteiger partial charge in [-0.15, -0.1) is 6.58 Å². The Morgan fingerprint density at radius 2 is 1.80 bits per heavy atom. The summed E-state index contributed by atoms with van der Waals surface area (Å²) in [5, 5.41) is 0. The van der Waals surface area contributed by atoms with Gasteiger partial charge in [0.25, 0.3) is 0 Å². The van der Waals surface area contributed by atoms with E-state index >= 15 is 0 Å². The molecule has 1 aromatic rings. The minimum atomic E-state index is -4.26. The van der Waals surface area contributed by atoms with Gasteiger partial charge in [-0.05, 0) is 24.1 Å². The normalized spacial score (nSPS) is 13.6. The highest BCUT2D eigenvalue weighted by Crippen LogP contribution is 2.30. The third-order valence-electron chi connectivity index (χ3n) is 2.39. The van der Waals surface area contributed by atoms with Crippen LogP contribution < -0.4 is 0 Å². The summed E-state index contributed by atoms with van der Waals surface area (Å²) in [6, 6.07) is 5.25. The smallest absolute Gasteiger partial charge is 0.166 e. The molecule has 0 radical (unpaired) electrons. The highest BCUT2D eigenvalue weighted by atomic mass is 19.4. The highest BCUT2D eigenvalue weighted by Gasteiger charge is 2.30. The minimum Gasteiger partial charge on any atom is -0.166 e. The van der Waals surface area contributed by atoms with Crippen LogP contribution in [-0.2, 0) is 6.18 Å². The molecular formula is C12H13F3. The van der Waals surface area contributed by atoms with Gasteiger partial charge < -0.3 is 0 Å². The van der Waals surface area contributed by atoms with Gasteiger partial charge in [0.15, 0.2) is 0 Å². The number of allylic oxidation sites excluding steroid dienone is 1. The van der Waals surface area contributed by atoms with Crippen LogP contribution in [0.5, 0.6) is 0 Å². The molecule has 0 aliphatic rings. The summed E-state index contributed by atoms with van der Waals surface area (Å²) in [5.74, 6) is 0.132. The first-order valence-electron chi connectivity index (χ1n) is 4.78. The number of benzene rings is 1. The minimum absolute atomic E-state index is 0.132. The van der Waals surface area contributed by atoms with E-state index in [-0.39, 0.29) is 5.92 Å². The lowest BCUT2D eigenvalue weighted by Gasteiger charge is -2.12. The van der Waals surface area contributed by atoms with Crippen molar-refractivity contribution in [2.45, 2.75) is 25.4 Å². The van der Waals surface area contributed by atoms with Gasteiger partial charge in [-0.2, -0.15) is 13.2 Å². The van der Waals surface area contributed by atoms with Crippen molar-refractivity contribution in [2.75, 3.05) is 0 Å². The molecule has 1 atom stereocenters. The highest BCUT2D eigenvalue weighted by molar-refractivity contribution is 5.28. The van der Waals surface area contributed by atoms with Crippen LogP contribution >= 0.6 is 0 Å². The van der Waals surface area contributed by atoms with Crippen molar-refractivity contribution in [3.05, 3.63) is 48.0 Å². The van der Waals surface area contributed by atoms with E-state index in [1.54, 1.807) is 6.08 Å². The lowest BCUT2D eigenvalue weighted by molar-refractivity contribution is -0.137. The Morgan fingerprint density at radius 1 is 1.27 bits per heavy atom. The van der Waals surface area contributed by atoms with Gasteiger partial charge in [0.05, 0.1) is 5.56 Å². The molecule has 0 nitrogen and oxygen atoms in total. The first-order valence-corrected chi connectivity index (χ1v) is 4.78. The average molecular weight is 214 g/mol. The van der Waals surface area contributed by atoms with Gasteiger partial charge in [0, 0.05) is 5.92 Å². The van der Waals surface area contributed by atoms with E-state index in [1.807, 2.05) is 6.92 Å². The maximum Gasteiger partial charge on any atom is 0.416 e. The molecule has 0 spiro atoms. The summed E-state index contributed by atoms with van der Waals surface area (Å²) in [7, 11) is 0. The average Bonchev–Trinajstić information content (AvgIpc) is 2.19. The Balaban J connectivity index is 2.94. The molecule has 15 heavy (non-hydrogen) atoms. The second kappa shape index (κ2) is 4.51. The van der Waals surface area contributed by atoms with Crippen LogP contribution in [0.4, 0.5) is 13.2 Å². The molecule has 0 saturated heterocycles. The van der Waals surface area contributed by atoms with Gasteiger partial charge in [-0.3, -0.25) is 0 Å². The molecular weight excluding hydrogens is 201 g/mol. The van der Waals surface area contributed by atoms with Crippen molar-refractivity contribution in [1.82, 2.24) is 0 Å². The molecule has 0 aliphatic carbocycles. The summed E-state index contributed by atoms with van der Waals surface area (Å²) in [4.78, 5) is 0. The van der Waals surface area contributed by atoms with E-state index in [2.05, 4.69) is 6.58 Å². The maximum absolute atomic E-state index is 12.3. The number of hydrogen-bond donors (Lipinski definition) is 0. The molecule has 1 rings (SSSR count). The van der Waals surface area contributed by atoms with Gasteiger partial charge in [0.1, 0.15) is 0 Å². The van der Waals surface area contributed by atoms with Crippen LogP contribution in [-0.4, -0.2) is 0 Å². The topological polar surface area (TPSA) is 0 Å². The van der Waals surface area contributed by atoms with Crippen LogP contribution in [0.3, 0.4) is 0 Å². The van der Waals surface area contributed by atoms with Gasteiger partial charge in [-0.1, -0.05) is 25.1 Å². The monoisotopic (exact) mass is 214 g/mol. The number of hydrogen-bond acceptors (Lipinski definition) is 0. The van der Waals surface area contributed by atoms with Gasteiger partial charge in [-0.25, -0.2) is 0 Å². The second-order valence-electron chi connectivity index (χ2n) is 3.37. The summed E-state index contributed by atoms with van der Waals surface area (Å²) < 4.78 is 36.8. The fourth-order valence-electron chi connectivity index (χ4n) is 1.46. The van der Waals surface area contributed by atoms with Crippen LogP contribution in [0.1, 0.15) is 30.4 Å². The van der Waals surface area contributed by atoms with Gasteiger partial charge in [0.2, 0.25) is 0 Å². The van der Waals surface area contributed by atoms with Crippen molar-refractivity contribution in [3.63, 3.8) is 0 Å².